The second kappa shape index (κ2) is 8.19. The molecule has 2 aliphatic rings. The van der Waals surface area contributed by atoms with E-state index in [0.717, 1.165) is 24.1 Å². The molecule has 4 rings (SSSR count). The standard InChI is InChI=1S/C28H41N3O2/c1-9-27(6)10-11-28(7,17(4)5)23-20(27)13-21-22-18(14-29-24(22)23)12-19(15-32)30-26(33)25(16(2)3)31(21)8/h9,13-14,16-17,19,25,29,32H,1,10-12,15H2,2-8H3,(H,30,33)/t19-,25-,27-,28+/m0/s1. The first kappa shape index (κ1) is 23.9. The number of hydrogen-bond donors (Lipinski definition) is 3. The molecular formula is C28H41N3O2. The number of aromatic amines is 1. The Morgan fingerprint density at radius 3 is 2.55 bits per heavy atom. The minimum atomic E-state index is -0.323. The lowest BCUT2D eigenvalue weighted by atomic mass is 9.57. The minimum absolute atomic E-state index is 0.0231. The molecule has 0 fully saturated rings. The number of hydrogen-bond acceptors (Lipinski definition) is 3. The van der Waals surface area contributed by atoms with Crippen molar-refractivity contribution in [3.63, 3.8) is 0 Å². The van der Waals surface area contributed by atoms with Crippen LogP contribution in [0.15, 0.2) is 24.9 Å². The molecule has 33 heavy (non-hydrogen) atoms. The van der Waals surface area contributed by atoms with Crippen molar-refractivity contribution in [1.29, 1.82) is 0 Å². The molecule has 0 radical (unpaired) electrons. The van der Waals surface area contributed by atoms with Gasteiger partial charge in [0.1, 0.15) is 6.04 Å². The number of carbonyl (C=O) groups is 1. The molecular weight excluding hydrogens is 410 g/mol. The zero-order valence-electron chi connectivity index (χ0n) is 21.4. The third-order valence-corrected chi connectivity index (χ3v) is 8.82. The van der Waals surface area contributed by atoms with Crippen LogP contribution < -0.4 is 10.2 Å². The molecule has 1 aromatic heterocycles. The van der Waals surface area contributed by atoms with Gasteiger partial charge in [-0.2, -0.15) is 0 Å². The largest absolute Gasteiger partial charge is 0.394 e. The smallest absolute Gasteiger partial charge is 0.243 e. The summed E-state index contributed by atoms with van der Waals surface area (Å²) in [7, 11) is 2.04. The summed E-state index contributed by atoms with van der Waals surface area (Å²) in [5.41, 5.74) is 6.05. The van der Waals surface area contributed by atoms with Gasteiger partial charge in [-0.3, -0.25) is 4.79 Å². The van der Waals surface area contributed by atoms with Gasteiger partial charge >= 0.3 is 0 Å². The number of amides is 1. The van der Waals surface area contributed by atoms with E-state index in [-0.39, 0.29) is 41.3 Å². The van der Waals surface area contributed by atoms with Crippen molar-refractivity contribution in [3.05, 3.63) is 41.6 Å². The summed E-state index contributed by atoms with van der Waals surface area (Å²) in [6.07, 6.45) is 6.96. The molecule has 1 aliphatic carbocycles. The fraction of sp³-hybridized carbons (Fsp3) is 0.607. The summed E-state index contributed by atoms with van der Waals surface area (Å²) < 4.78 is 0. The summed E-state index contributed by atoms with van der Waals surface area (Å²) in [5.74, 6) is 0.578. The number of nitrogens with zero attached hydrogens (tertiary/aromatic N) is 1. The van der Waals surface area contributed by atoms with Gasteiger partial charge in [-0.25, -0.2) is 0 Å². The monoisotopic (exact) mass is 451 g/mol. The minimum Gasteiger partial charge on any atom is -0.394 e. The lowest BCUT2D eigenvalue weighted by Gasteiger charge is -2.47. The fourth-order valence-corrected chi connectivity index (χ4v) is 6.21. The van der Waals surface area contributed by atoms with Crippen LogP contribution in [0.2, 0.25) is 0 Å². The zero-order valence-corrected chi connectivity index (χ0v) is 21.4. The summed E-state index contributed by atoms with van der Waals surface area (Å²) in [4.78, 5) is 19.1. The quantitative estimate of drug-likeness (QED) is 0.584. The lowest BCUT2D eigenvalue weighted by Crippen LogP contribution is -2.52. The van der Waals surface area contributed by atoms with E-state index in [1.54, 1.807) is 0 Å². The predicted octanol–water partition coefficient (Wildman–Crippen LogP) is 4.81. The van der Waals surface area contributed by atoms with Crippen LogP contribution in [0.3, 0.4) is 0 Å². The second-order valence-electron chi connectivity index (χ2n) is 11.5. The van der Waals surface area contributed by atoms with E-state index >= 15 is 0 Å². The number of H-pyrrole nitrogens is 1. The van der Waals surface area contributed by atoms with Crippen LogP contribution >= 0.6 is 0 Å². The fourth-order valence-electron chi connectivity index (χ4n) is 6.21. The van der Waals surface area contributed by atoms with E-state index in [0.29, 0.717) is 12.3 Å². The molecule has 2 heterocycles. The van der Waals surface area contributed by atoms with Gasteiger partial charge in [-0.1, -0.05) is 47.6 Å². The molecule has 0 unspecified atom stereocenters. The number of anilines is 1. The lowest BCUT2D eigenvalue weighted by molar-refractivity contribution is -0.124. The predicted molar refractivity (Wildman–Crippen MR) is 137 cm³/mol. The number of benzene rings is 1. The molecule has 180 valence electrons. The van der Waals surface area contributed by atoms with E-state index in [9.17, 15) is 9.90 Å². The molecule has 3 N–H and O–H groups in total. The van der Waals surface area contributed by atoms with E-state index in [4.69, 9.17) is 0 Å². The molecule has 0 bridgehead atoms. The number of aliphatic hydroxyl groups is 1. The topological polar surface area (TPSA) is 68.4 Å². The summed E-state index contributed by atoms with van der Waals surface area (Å²) >= 11 is 0. The highest BCUT2D eigenvalue weighted by atomic mass is 16.3. The number of fused-ring (bicyclic) bond motifs is 2. The van der Waals surface area contributed by atoms with Crippen molar-refractivity contribution in [2.24, 2.45) is 11.8 Å². The highest BCUT2D eigenvalue weighted by Crippen LogP contribution is 2.54. The van der Waals surface area contributed by atoms with Crippen molar-refractivity contribution in [2.45, 2.75) is 83.7 Å². The number of nitrogens with one attached hydrogen (secondary N) is 2. The summed E-state index contributed by atoms with van der Waals surface area (Å²) in [6.45, 7) is 17.7. The number of likely N-dealkylation sites (N-methyl/N-ethyl adjacent to an activating group) is 1. The maximum atomic E-state index is 13.3. The van der Waals surface area contributed by atoms with Crippen molar-refractivity contribution >= 4 is 22.5 Å². The van der Waals surface area contributed by atoms with Crippen LogP contribution in [0.5, 0.6) is 0 Å². The number of allylic oxidation sites excluding steroid dienone is 1. The Morgan fingerprint density at radius 2 is 1.97 bits per heavy atom. The Balaban J connectivity index is 2.12. The molecule has 4 atom stereocenters. The third kappa shape index (κ3) is 3.51. The molecule has 5 heteroatoms. The van der Waals surface area contributed by atoms with E-state index in [1.165, 1.54) is 22.0 Å². The highest BCUT2D eigenvalue weighted by molar-refractivity contribution is 6.01. The highest BCUT2D eigenvalue weighted by Gasteiger charge is 2.45. The number of aromatic nitrogens is 1. The zero-order chi connectivity index (χ0) is 24.3. The van der Waals surface area contributed by atoms with Crippen LogP contribution in [0.25, 0.3) is 10.9 Å². The molecule has 5 nitrogen and oxygen atoms in total. The Hall–Kier alpha value is -2.27. The maximum absolute atomic E-state index is 13.3. The van der Waals surface area contributed by atoms with Crippen molar-refractivity contribution in [1.82, 2.24) is 10.3 Å². The van der Waals surface area contributed by atoms with E-state index < -0.39 is 0 Å². The number of rotatable bonds is 4. The van der Waals surface area contributed by atoms with Gasteiger partial charge in [-0.05, 0) is 59.3 Å². The Kier molecular flexibility index (Phi) is 5.93. The van der Waals surface area contributed by atoms with Crippen molar-refractivity contribution in [2.75, 3.05) is 18.6 Å². The number of carbonyl (C=O) groups excluding carboxylic acids is 1. The van der Waals surface area contributed by atoms with Gasteiger partial charge in [0.2, 0.25) is 5.91 Å². The van der Waals surface area contributed by atoms with Crippen molar-refractivity contribution in [3.8, 4) is 0 Å². The SMILES string of the molecule is C=C[C@@]1(C)CC[C@](C)(C(C)C)c2c1cc1c3c(c[nH]c23)C[C@@H](CO)NC(=O)[C@H](C(C)C)N1C. The molecule has 2 aromatic rings. The first-order chi connectivity index (χ1) is 15.5. The Bertz CT molecular complexity index is 1080. The van der Waals surface area contributed by atoms with Crippen LogP contribution in [0.4, 0.5) is 5.69 Å². The van der Waals surface area contributed by atoms with E-state index in [1.807, 2.05) is 7.05 Å². The van der Waals surface area contributed by atoms with Crippen molar-refractivity contribution < 1.29 is 9.90 Å². The van der Waals surface area contributed by atoms with E-state index in [2.05, 4.69) is 81.7 Å². The molecule has 1 aliphatic heterocycles. The van der Waals surface area contributed by atoms with Crippen LogP contribution in [0, 0.1) is 11.8 Å². The third-order valence-electron chi connectivity index (χ3n) is 8.82. The van der Waals surface area contributed by atoms with Gasteiger partial charge in [0.15, 0.2) is 0 Å². The second-order valence-corrected chi connectivity index (χ2v) is 11.5. The van der Waals surface area contributed by atoms with Gasteiger partial charge in [0.05, 0.1) is 18.2 Å². The van der Waals surface area contributed by atoms with Gasteiger partial charge in [0, 0.05) is 29.7 Å². The molecule has 1 aromatic carbocycles. The van der Waals surface area contributed by atoms with Gasteiger partial charge in [-0.15, -0.1) is 6.58 Å². The molecule has 0 saturated carbocycles. The molecule has 1 amide bonds. The normalized spacial score (nSPS) is 30.1. The average Bonchev–Trinajstić information content (AvgIpc) is 3.18. The van der Waals surface area contributed by atoms with Crippen LogP contribution in [-0.2, 0) is 22.0 Å². The Labute approximate surface area is 198 Å². The summed E-state index contributed by atoms with van der Waals surface area (Å²) in [5, 5.41) is 14.3. The molecule has 0 saturated heterocycles. The maximum Gasteiger partial charge on any atom is 0.243 e. The number of aliphatic hydroxyl groups excluding tert-OH is 1. The first-order valence-corrected chi connectivity index (χ1v) is 12.4. The molecule has 0 spiro atoms. The first-order valence-electron chi connectivity index (χ1n) is 12.4. The van der Waals surface area contributed by atoms with Gasteiger partial charge < -0.3 is 20.3 Å². The Morgan fingerprint density at radius 1 is 1.27 bits per heavy atom. The van der Waals surface area contributed by atoms with Crippen LogP contribution in [-0.4, -0.2) is 41.7 Å². The van der Waals surface area contributed by atoms with Crippen LogP contribution in [0.1, 0.15) is 71.1 Å². The average molecular weight is 452 g/mol. The summed E-state index contributed by atoms with van der Waals surface area (Å²) in [6, 6.07) is 1.72. The van der Waals surface area contributed by atoms with Gasteiger partial charge in [0.25, 0.3) is 0 Å².